The van der Waals surface area contributed by atoms with Crippen LogP contribution in [0.5, 0.6) is 5.75 Å². The number of benzene rings is 2. The molecule has 3 aromatic rings. The van der Waals surface area contributed by atoms with Gasteiger partial charge in [0, 0.05) is 45.1 Å². The molecule has 0 unspecified atom stereocenters. The van der Waals surface area contributed by atoms with Crippen molar-refractivity contribution in [2.45, 2.75) is 18.9 Å². The second kappa shape index (κ2) is 8.35. The molecule has 1 aliphatic heterocycles. The van der Waals surface area contributed by atoms with Gasteiger partial charge in [-0.3, -0.25) is 4.79 Å². The van der Waals surface area contributed by atoms with Gasteiger partial charge in [0.05, 0.1) is 11.9 Å². The van der Waals surface area contributed by atoms with E-state index in [1.807, 2.05) is 12.1 Å². The summed E-state index contributed by atoms with van der Waals surface area (Å²) in [5.74, 6) is -1.37. The number of hydrogen-bond donors (Lipinski definition) is 0. The van der Waals surface area contributed by atoms with Crippen LogP contribution in [-0.4, -0.2) is 54.0 Å². The van der Waals surface area contributed by atoms with Crippen molar-refractivity contribution in [2.75, 3.05) is 38.1 Å². The molecule has 1 fully saturated rings. The summed E-state index contributed by atoms with van der Waals surface area (Å²) < 4.78 is 34.9. The number of piperazine rings is 1. The van der Waals surface area contributed by atoms with E-state index in [9.17, 15) is 13.6 Å². The predicted octanol–water partition coefficient (Wildman–Crippen LogP) is 2.81. The molecule has 0 saturated carbocycles. The summed E-state index contributed by atoms with van der Waals surface area (Å²) in [6.07, 6.45) is 2.78. The fraction of sp³-hybridized carbons (Fsp3) is 0.333. The summed E-state index contributed by atoms with van der Waals surface area (Å²) in [6.45, 7) is 3.17. The maximum atomic E-state index is 13.8. The molecule has 8 heteroatoms. The highest BCUT2D eigenvalue weighted by atomic mass is 19.1. The van der Waals surface area contributed by atoms with Gasteiger partial charge in [0.25, 0.3) is 0 Å². The normalized spacial score (nSPS) is 16.9. The molecule has 2 aromatic carbocycles. The lowest BCUT2D eigenvalue weighted by Gasteiger charge is -2.34. The monoisotopic (exact) mass is 438 g/mol. The van der Waals surface area contributed by atoms with Gasteiger partial charge in [-0.25, -0.2) is 8.78 Å². The molecule has 0 amide bonds. The molecule has 0 radical (unpaired) electrons. The Morgan fingerprint density at radius 3 is 2.22 bits per heavy atom. The van der Waals surface area contributed by atoms with Crippen LogP contribution in [0, 0.1) is 11.6 Å². The number of halogens is 2. The highest BCUT2D eigenvalue weighted by Gasteiger charge is 2.28. The van der Waals surface area contributed by atoms with E-state index in [4.69, 9.17) is 4.74 Å². The Hall–Kier alpha value is -3.26. The lowest BCUT2D eigenvalue weighted by molar-refractivity contribution is 0.209. The molecule has 0 atom stereocenters. The van der Waals surface area contributed by atoms with E-state index in [1.165, 1.54) is 11.1 Å². The Kier molecular flexibility index (Phi) is 5.38. The molecule has 0 spiro atoms. The molecule has 32 heavy (non-hydrogen) atoms. The van der Waals surface area contributed by atoms with Gasteiger partial charge in [0.15, 0.2) is 0 Å². The second-order valence-corrected chi connectivity index (χ2v) is 8.41. The molecule has 0 bridgehead atoms. The van der Waals surface area contributed by atoms with Gasteiger partial charge in [-0.15, -0.1) is 0 Å². The summed E-state index contributed by atoms with van der Waals surface area (Å²) >= 11 is 0. The van der Waals surface area contributed by atoms with Crippen molar-refractivity contribution in [3.8, 4) is 11.4 Å². The molecule has 1 saturated heterocycles. The summed E-state index contributed by atoms with van der Waals surface area (Å²) in [6, 6.07) is 11.1. The number of aromatic nitrogens is 2. The molecule has 2 heterocycles. The highest BCUT2D eigenvalue weighted by Crippen LogP contribution is 2.30. The van der Waals surface area contributed by atoms with Crippen LogP contribution in [0.1, 0.15) is 11.1 Å². The first-order valence-electron chi connectivity index (χ1n) is 10.7. The lowest BCUT2D eigenvalue weighted by Crippen LogP contribution is -2.45. The van der Waals surface area contributed by atoms with Gasteiger partial charge in [-0.1, -0.05) is 24.3 Å². The Morgan fingerprint density at radius 1 is 0.969 bits per heavy atom. The van der Waals surface area contributed by atoms with Crippen LogP contribution in [0.2, 0.25) is 0 Å². The number of hydrogen-bond acceptors (Lipinski definition) is 5. The minimum atomic E-state index is -0.773. The average molecular weight is 438 g/mol. The Balaban J connectivity index is 1.54. The topological polar surface area (TPSA) is 50.6 Å². The fourth-order valence-corrected chi connectivity index (χ4v) is 4.43. The zero-order chi connectivity index (χ0) is 22.2. The quantitative estimate of drug-likeness (QED) is 0.627. The third-order valence-electron chi connectivity index (χ3n) is 6.15. The maximum Gasteiger partial charge on any atom is 0.316 e. The van der Waals surface area contributed by atoms with Crippen molar-refractivity contribution in [3.63, 3.8) is 0 Å². The number of likely N-dealkylation sites (N-methyl/N-ethyl adjacent to an activating group) is 1. The van der Waals surface area contributed by atoms with Gasteiger partial charge in [-0.2, -0.15) is 9.78 Å². The molecule has 1 aromatic heterocycles. The third kappa shape index (κ3) is 3.98. The molecule has 2 aliphatic rings. The van der Waals surface area contributed by atoms with Crippen molar-refractivity contribution in [3.05, 3.63) is 81.8 Å². The van der Waals surface area contributed by atoms with Crippen LogP contribution in [0.4, 0.5) is 14.5 Å². The largest absolute Gasteiger partial charge is 0.482 e. The smallest absolute Gasteiger partial charge is 0.316 e. The van der Waals surface area contributed by atoms with Crippen LogP contribution in [0.25, 0.3) is 5.69 Å². The van der Waals surface area contributed by atoms with Gasteiger partial charge < -0.3 is 14.5 Å². The van der Waals surface area contributed by atoms with Crippen molar-refractivity contribution >= 4 is 5.69 Å². The predicted molar refractivity (Wildman–Crippen MR) is 118 cm³/mol. The minimum Gasteiger partial charge on any atom is -0.482 e. The van der Waals surface area contributed by atoms with E-state index >= 15 is 0 Å². The van der Waals surface area contributed by atoms with Crippen LogP contribution in [-0.2, 0) is 12.8 Å². The molecular weight excluding hydrogens is 414 g/mol. The molecule has 166 valence electrons. The van der Waals surface area contributed by atoms with Crippen molar-refractivity contribution in [1.82, 2.24) is 14.7 Å². The molecular formula is C24H24F2N4O2. The van der Waals surface area contributed by atoms with E-state index in [-0.39, 0.29) is 17.5 Å². The number of fused-ring (bicyclic) bond motifs is 1. The first-order chi connectivity index (χ1) is 15.5. The molecule has 0 N–H and O–H groups in total. The zero-order valence-electron chi connectivity index (χ0n) is 17.8. The van der Waals surface area contributed by atoms with E-state index < -0.39 is 17.2 Å². The van der Waals surface area contributed by atoms with E-state index in [2.05, 4.69) is 34.1 Å². The van der Waals surface area contributed by atoms with Crippen LogP contribution in [0.15, 0.2) is 53.5 Å². The number of anilines is 1. The van der Waals surface area contributed by atoms with Crippen LogP contribution in [0.3, 0.4) is 0 Å². The standard InChI is InChI=1S/C24H24F2N4O2/c1-28-6-8-29(9-7-28)22-15-27-30(20-13-18(25)12-19(26)14-20)24(31)23(22)32-21-10-16-4-2-3-5-17(16)11-21/h2-5,12-15,21H,6-11H2,1H3. The SMILES string of the molecule is CN1CCN(c2cnn(-c3cc(F)cc(F)c3)c(=O)c2OC2Cc3ccccc3C2)CC1. The summed E-state index contributed by atoms with van der Waals surface area (Å²) in [7, 11) is 2.05. The van der Waals surface area contributed by atoms with Gasteiger partial charge >= 0.3 is 5.56 Å². The molecule has 5 rings (SSSR count). The average Bonchev–Trinajstić information content (AvgIpc) is 3.17. The van der Waals surface area contributed by atoms with Crippen molar-refractivity contribution in [2.24, 2.45) is 0 Å². The van der Waals surface area contributed by atoms with Crippen LogP contribution < -0.4 is 15.2 Å². The Labute approximate surface area is 184 Å². The maximum absolute atomic E-state index is 13.8. The third-order valence-corrected chi connectivity index (χ3v) is 6.15. The minimum absolute atomic E-state index is 0.0250. The fourth-order valence-electron chi connectivity index (χ4n) is 4.43. The van der Waals surface area contributed by atoms with Gasteiger partial charge in [-0.05, 0) is 30.3 Å². The van der Waals surface area contributed by atoms with E-state index in [1.54, 1.807) is 6.20 Å². The van der Waals surface area contributed by atoms with Gasteiger partial charge in [0.1, 0.15) is 23.4 Å². The number of rotatable bonds is 4. The second-order valence-electron chi connectivity index (χ2n) is 8.41. The number of nitrogens with zero attached hydrogens (tertiary/aromatic N) is 4. The zero-order valence-corrected chi connectivity index (χ0v) is 17.8. The lowest BCUT2D eigenvalue weighted by atomic mass is 10.1. The summed E-state index contributed by atoms with van der Waals surface area (Å²) in [5.41, 5.74) is 2.53. The number of ether oxygens (including phenoxy) is 1. The van der Waals surface area contributed by atoms with Gasteiger partial charge in [0.2, 0.25) is 5.75 Å². The first kappa shape index (κ1) is 20.6. The van der Waals surface area contributed by atoms with Crippen LogP contribution >= 0.6 is 0 Å². The van der Waals surface area contributed by atoms with Crippen molar-refractivity contribution < 1.29 is 13.5 Å². The van der Waals surface area contributed by atoms with E-state index in [0.29, 0.717) is 18.5 Å². The van der Waals surface area contributed by atoms with Crippen molar-refractivity contribution in [1.29, 1.82) is 0 Å². The summed E-state index contributed by atoms with van der Waals surface area (Å²) in [5, 5.41) is 4.24. The molecule has 6 nitrogen and oxygen atoms in total. The first-order valence-corrected chi connectivity index (χ1v) is 10.7. The summed E-state index contributed by atoms with van der Waals surface area (Å²) in [4.78, 5) is 17.8. The Bertz CT molecular complexity index is 1160. The van der Waals surface area contributed by atoms with E-state index in [0.717, 1.165) is 49.1 Å². The Morgan fingerprint density at radius 2 is 1.59 bits per heavy atom. The highest BCUT2D eigenvalue weighted by molar-refractivity contribution is 5.57. The molecule has 1 aliphatic carbocycles.